The van der Waals surface area contributed by atoms with Crippen LogP contribution < -0.4 is 10.1 Å². The minimum absolute atomic E-state index is 0.217. The van der Waals surface area contributed by atoms with E-state index in [9.17, 15) is 4.39 Å². The van der Waals surface area contributed by atoms with Crippen LogP contribution in [0.5, 0.6) is 5.75 Å². The van der Waals surface area contributed by atoms with E-state index in [0.29, 0.717) is 12.6 Å². The molecule has 1 atom stereocenters. The topological polar surface area (TPSA) is 27.7 Å². The van der Waals surface area contributed by atoms with Crippen LogP contribution in [0.2, 0.25) is 0 Å². The number of rotatable bonds is 6. The van der Waals surface area contributed by atoms with Crippen molar-refractivity contribution >= 4 is 0 Å². The van der Waals surface area contributed by atoms with Crippen LogP contribution in [-0.4, -0.2) is 55.1 Å². The highest BCUT2D eigenvalue weighted by Crippen LogP contribution is 2.21. The molecule has 4 nitrogen and oxygen atoms in total. The molecular weight excluding hydrogens is 341 g/mol. The van der Waals surface area contributed by atoms with Gasteiger partial charge < -0.3 is 10.1 Å². The Labute approximate surface area is 160 Å². The SMILES string of the molecule is Fc1ccc(COc2cccc(CN3CCC(N4CCNCC4)C3)c2)cc1. The Morgan fingerprint density at radius 2 is 1.81 bits per heavy atom. The predicted octanol–water partition coefficient (Wildman–Crippen LogP) is 2.88. The van der Waals surface area contributed by atoms with E-state index in [0.717, 1.165) is 44.0 Å². The van der Waals surface area contributed by atoms with Gasteiger partial charge in [0.2, 0.25) is 0 Å². The fourth-order valence-electron chi connectivity index (χ4n) is 4.04. The Kier molecular flexibility index (Phi) is 6.02. The van der Waals surface area contributed by atoms with Crippen LogP contribution in [0.3, 0.4) is 0 Å². The van der Waals surface area contributed by atoms with Gasteiger partial charge in [0.1, 0.15) is 18.2 Å². The summed E-state index contributed by atoms with van der Waals surface area (Å²) in [6.45, 7) is 8.31. The molecule has 0 bridgehead atoms. The molecule has 0 amide bonds. The highest BCUT2D eigenvalue weighted by molar-refractivity contribution is 5.29. The summed E-state index contributed by atoms with van der Waals surface area (Å²) in [7, 11) is 0. The van der Waals surface area contributed by atoms with E-state index in [1.165, 1.54) is 37.2 Å². The van der Waals surface area contributed by atoms with Crippen molar-refractivity contribution in [3.63, 3.8) is 0 Å². The molecule has 2 heterocycles. The zero-order chi connectivity index (χ0) is 18.5. The zero-order valence-corrected chi connectivity index (χ0v) is 15.7. The lowest BCUT2D eigenvalue weighted by Gasteiger charge is -2.32. The van der Waals surface area contributed by atoms with Gasteiger partial charge in [0.25, 0.3) is 0 Å². The standard InChI is InChI=1S/C22H28FN3O/c23-20-6-4-18(5-7-20)17-27-22-3-1-2-19(14-22)15-25-11-8-21(16-25)26-12-9-24-10-13-26/h1-7,14,21,24H,8-13,15-17H2. The molecule has 2 aliphatic rings. The smallest absolute Gasteiger partial charge is 0.123 e. The Balaban J connectivity index is 1.29. The van der Waals surface area contributed by atoms with Crippen molar-refractivity contribution in [3.8, 4) is 5.75 Å². The summed E-state index contributed by atoms with van der Waals surface area (Å²) in [6.07, 6.45) is 1.26. The Morgan fingerprint density at radius 1 is 1.00 bits per heavy atom. The highest BCUT2D eigenvalue weighted by Gasteiger charge is 2.28. The lowest BCUT2D eigenvalue weighted by atomic mass is 10.2. The monoisotopic (exact) mass is 369 g/mol. The first-order valence-electron chi connectivity index (χ1n) is 9.89. The number of nitrogens with zero attached hydrogens (tertiary/aromatic N) is 2. The van der Waals surface area contributed by atoms with Crippen molar-refractivity contribution in [2.24, 2.45) is 0 Å². The van der Waals surface area contributed by atoms with Crippen molar-refractivity contribution in [2.75, 3.05) is 39.3 Å². The van der Waals surface area contributed by atoms with Crippen molar-refractivity contribution in [2.45, 2.75) is 25.6 Å². The van der Waals surface area contributed by atoms with Gasteiger partial charge in [-0.05, 0) is 41.8 Å². The van der Waals surface area contributed by atoms with E-state index >= 15 is 0 Å². The third-order valence-corrected chi connectivity index (χ3v) is 5.54. The molecule has 0 spiro atoms. The van der Waals surface area contributed by atoms with Crippen molar-refractivity contribution in [1.82, 2.24) is 15.1 Å². The number of hydrogen-bond donors (Lipinski definition) is 1. The van der Waals surface area contributed by atoms with Crippen molar-refractivity contribution in [3.05, 3.63) is 65.5 Å². The fourth-order valence-corrected chi connectivity index (χ4v) is 4.04. The number of halogens is 1. The Morgan fingerprint density at radius 3 is 2.63 bits per heavy atom. The first kappa shape index (κ1) is 18.4. The second kappa shape index (κ2) is 8.83. The minimum Gasteiger partial charge on any atom is -0.489 e. The lowest BCUT2D eigenvalue weighted by molar-refractivity contribution is 0.170. The summed E-state index contributed by atoms with van der Waals surface area (Å²) in [4.78, 5) is 5.19. The minimum atomic E-state index is -0.217. The molecule has 2 aliphatic heterocycles. The summed E-state index contributed by atoms with van der Waals surface area (Å²) in [6, 6.07) is 15.5. The molecular formula is C22H28FN3O. The molecule has 2 saturated heterocycles. The van der Waals surface area contributed by atoms with Gasteiger partial charge in [-0.25, -0.2) is 4.39 Å². The zero-order valence-electron chi connectivity index (χ0n) is 15.7. The van der Waals surface area contributed by atoms with Crippen LogP contribution in [-0.2, 0) is 13.2 Å². The van der Waals surface area contributed by atoms with E-state index in [-0.39, 0.29) is 5.82 Å². The van der Waals surface area contributed by atoms with Crippen molar-refractivity contribution < 1.29 is 9.13 Å². The molecule has 2 aromatic carbocycles. The number of ether oxygens (including phenoxy) is 1. The van der Waals surface area contributed by atoms with Gasteiger partial charge in [-0.3, -0.25) is 9.80 Å². The molecule has 0 aliphatic carbocycles. The third kappa shape index (κ3) is 5.06. The molecule has 0 radical (unpaired) electrons. The number of likely N-dealkylation sites (tertiary alicyclic amines) is 1. The average Bonchev–Trinajstić information content (AvgIpc) is 3.17. The number of nitrogens with one attached hydrogen (secondary N) is 1. The first-order chi connectivity index (χ1) is 13.3. The van der Waals surface area contributed by atoms with E-state index in [1.54, 1.807) is 12.1 Å². The normalized spacial score (nSPS) is 21.4. The number of piperazine rings is 1. The lowest BCUT2D eigenvalue weighted by Crippen LogP contribution is -2.49. The average molecular weight is 369 g/mol. The Bertz CT molecular complexity index is 731. The van der Waals surface area contributed by atoms with E-state index in [1.807, 2.05) is 6.07 Å². The molecule has 144 valence electrons. The molecule has 5 heteroatoms. The molecule has 0 saturated carbocycles. The largest absolute Gasteiger partial charge is 0.489 e. The van der Waals surface area contributed by atoms with Crippen LogP contribution in [0.25, 0.3) is 0 Å². The summed E-state index contributed by atoms with van der Waals surface area (Å²) in [5, 5.41) is 3.43. The molecule has 2 aromatic rings. The molecule has 27 heavy (non-hydrogen) atoms. The van der Waals surface area contributed by atoms with Gasteiger partial charge in [0, 0.05) is 51.9 Å². The van der Waals surface area contributed by atoms with E-state index < -0.39 is 0 Å². The van der Waals surface area contributed by atoms with Gasteiger partial charge in [-0.1, -0.05) is 24.3 Å². The van der Waals surface area contributed by atoms with E-state index in [4.69, 9.17) is 4.74 Å². The van der Waals surface area contributed by atoms with Crippen LogP contribution in [0.4, 0.5) is 4.39 Å². The van der Waals surface area contributed by atoms with Crippen LogP contribution in [0.15, 0.2) is 48.5 Å². The Hall–Kier alpha value is -1.95. The van der Waals surface area contributed by atoms with Crippen LogP contribution in [0.1, 0.15) is 17.5 Å². The molecule has 2 fully saturated rings. The maximum Gasteiger partial charge on any atom is 0.123 e. The summed E-state index contributed by atoms with van der Waals surface area (Å²) in [5.74, 6) is 0.653. The van der Waals surface area contributed by atoms with Gasteiger partial charge in [0.05, 0.1) is 0 Å². The summed E-state index contributed by atoms with van der Waals surface area (Å²) >= 11 is 0. The second-order valence-electron chi connectivity index (χ2n) is 7.53. The predicted molar refractivity (Wildman–Crippen MR) is 105 cm³/mol. The van der Waals surface area contributed by atoms with Gasteiger partial charge >= 0.3 is 0 Å². The van der Waals surface area contributed by atoms with Gasteiger partial charge in [-0.2, -0.15) is 0 Å². The van der Waals surface area contributed by atoms with Crippen LogP contribution >= 0.6 is 0 Å². The second-order valence-corrected chi connectivity index (χ2v) is 7.53. The highest BCUT2D eigenvalue weighted by atomic mass is 19.1. The molecule has 4 rings (SSSR count). The fraction of sp³-hybridized carbons (Fsp3) is 0.455. The quantitative estimate of drug-likeness (QED) is 0.847. The first-order valence-corrected chi connectivity index (χ1v) is 9.89. The molecule has 0 aromatic heterocycles. The maximum absolute atomic E-state index is 13.0. The molecule has 1 unspecified atom stereocenters. The molecule has 1 N–H and O–H groups in total. The third-order valence-electron chi connectivity index (χ3n) is 5.54. The summed E-state index contributed by atoms with van der Waals surface area (Å²) in [5.41, 5.74) is 2.26. The summed E-state index contributed by atoms with van der Waals surface area (Å²) < 4.78 is 18.9. The maximum atomic E-state index is 13.0. The van der Waals surface area contributed by atoms with Crippen LogP contribution in [0, 0.1) is 5.82 Å². The van der Waals surface area contributed by atoms with Gasteiger partial charge in [-0.15, -0.1) is 0 Å². The van der Waals surface area contributed by atoms with E-state index in [2.05, 4.69) is 33.3 Å². The van der Waals surface area contributed by atoms with Crippen molar-refractivity contribution in [1.29, 1.82) is 0 Å². The van der Waals surface area contributed by atoms with Gasteiger partial charge in [0.15, 0.2) is 0 Å². The number of benzene rings is 2. The number of hydrogen-bond acceptors (Lipinski definition) is 4.